The van der Waals surface area contributed by atoms with Crippen LogP contribution in [0.5, 0.6) is 0 Å². The maximum absolute atomic E-state index is 5.70. The molecule has 6 heteroatoms. The fourth-order valence-electron chi connectivity index (χ4n) is 2.43. The molecule has 0 atom stereocenters. The lowest BCUT2D eigenvalue weighted by Gasteiger charge is -2.22. The number of aryl methyl sites for hydroxylation is 1. The van der Waals surface area contributed by atoms with Gasteiger partial charge in [-0.3, -0.25) is 4.99 Å². The zero-order valence-corrected chi connectivity index (χ0v) is 17.6. The van der Waals surface area contributed by atoms with E-state index in [1.54, 1.807) is 0 Å². The maximum atomic E-state index is 5.70. The predicted octanol–water partition coefficient (Wildman–Crippen LogP) is 3.26. The Bertz CT molecular complexity index is 627. The topological polar surface area (TPSA) is 41.8 Å². The second kappa shape index (κ2) is 11.9. The summed E-state index contributed by atoms with van der Waals surface area (Å²) >= 11 is 0. The first-order chi connectivity index (χ1) is 11.7. The van der Waals surface area contributed by atoms with Gasteiger partial charge in [0, 0.05) is 32.5 Å². The quantitative estimate of drug-likeness (QED) is 0.287. The smallest absolute Gasteiger partial charge is 0.194 e. The second-order valence-corrected chi connectivity index (χ2v) is 5.74. The van der Waals surface area contributed by atoms with Crippen LogP contribution in [0.4, 0.5) is 0 Å². The molecule has 1 N–H and O–H groups in total. The Kier molecular flexibility index (Phi) is 10.3. The van der Waals surface area contributed by atoms with Crippen molar-refractivity contribution in [1.29, 1.82) is 0 Å². The molecule has 0 aliphatic carbocycles. The molecule has 2 aromatic rings. The van der Waals surface area contributed by atoms with Gasteiger partial charge in [-0.2, -0.15) is 0 Å². The Morgan fingerprint density at radius 1 is 1.20 bits per heavy atom. The Hall–Kier alpha value is -1.54. The van der Waals surface area contributed by atoms with Crippen molar-refractivity contribution in [3.05, 3.63) is 59.9 Å². The summed E-state index contributed by atoms with van der Waals surface area (Å²) in [7, 11) is 4.12. The average molecular weight is 456 g/mol. The Labute approximate surface area is 168 Å². The summed E-state index contributed by atoms with van der Waals surface area (Å²) in [6, 6.07) is 14.4. The third kappa shape index (κ3) is 7.48. The highest BCUT2D eigenvalue weighted by atomic mass is 127. The molecular weight excluding hydrogens is 427 g/mol. The number of aromatic nitrogens is 1. The van der Waals surface area contributed by atoms with E-state index >= 15 is 0 Å². The van der Waals surface area contributed by atoms with E-state index in [0.29, 0.717) is 19.8 Å². The van der Waals surface area contributed by atoms with Gasteiger partial charge in [0.15, 0.2) is 5.96 Å². The molecule has 25 heavy (non-hydrogen) atoms. The zero-order chi connectivity index (χ0) is 17.2. The van der Waals surface area contributed by atoms with Gasteiger partial charge in [0.05, 0.1) is 26.3 Å². The van der Waals surface area contributed by atoms with Crippen LogP contribution in [0.25, 0.3) is 0 Å². The first kappa shape index (κ1) is 21.5. The van der Waals surface area contributed by atoms with E-state index in [-0.39, 0.29) is 24.0 Å². The van der Waals surface area contributed by atoms with E-state index < -0.39 is 0 Å². The van der Waals surface area contributed by atoms with Gasteiger partial charge < -0.3 is 19.5 Å². The van der Waals surface area contributed by atoms with Gasteiger partial charge in [-0.25, -0.2) is 0 Å². The van der Waals surface area contributed by atoms with Crippen molar-refractivity contribution in [1.82, 2.24) is 14.8 Å². The van der Waals surface area contributed by atoms with Crippen molar-refractivity contribution in [3.8, 4) is 0 Å². The van der Waals surface area contributed by atoms with Crippen LogP contribution in [0.3, 0.4) is 0 Å². The van der Waals surface area contributed by atoms with E-state index in [4.69, 9.17) is 4.74 Å². The minimum absolute atomic E-state index is 0. The average Bonchev–Trinajstić information content (AvgIpc) is 2.99. The molecule has 0 amide bonds. The highest BCUT2D eigenvalue weighted by Gasteiger charge is 2.07. The lowest BCUT2D eigenvalue weighted by atomic mass is 10.2. The van der Waals surface area contributed by atoms with Gasteiger partial charge in [0.2, 0.25) is 0 Å². The highest BCUT2D eigenvalue weighted by molar-refractivity contribution is 14.0. The lowest BCUT2D eigenvalue weighted by molar-refractivity contribution is 0.128. The number of guanidine groups is 1. The van der Waals surface area contributed by atoms with Crippen LogP contribution in [-0.2, 0) is 24.9 Å². The summed E-state index contributed by atoms with van der Waals surface area (Å²) < 4.78 is 7.82. The van der Waals surface area contributed by atoms with E-state index in [1.807, 2.05) is 18.2 Å². The molecule has 0 radical (unpaired) electrons. The van der Waals surface area contributed by atoms with Crippen LogP contribution in [0.2, 0.25) is 0 Å². The normalized spacial score (nSPS) is 11.1. The lowest BCUT2D eigenvalue weighted by Crippen LogP contribution is -2.39. The molecule has 0 unspecified atom stereocenters. The van der Waals surface area contributed by atoms with Gasteiger partial charge in [0.25, 0.3) is 0 Å². The van der Waals surface area contributed by atoms with Crippen LogP contribution in [0.15, 0.2) is 53.7 Å². The molecule has 1 heterocycles. The van der Waals surface area contributed by atoms with Crippen molar-refractivity contribution in [3.63, 3.8) is 0 Å². The number of nitrogens with zero attached hydrogens (tertiary/aromatic N) is 3. The molecule has 0 fully saturated rings. The molecule has 0 bridgehead atoms. The third-order valence-electron chi connectivity index (χ3n) is 3.76. The highest BCUT2D eigenvalue weighted by Crippen LogP contribution is 2.04. The fourth-order valence-corrected chi connectivity index (χ4v) is 2.43. The molecule has 1 aromatic carbocycles. The van der Waals surface area contributed by atoms with Gasteiger partial charge >= 0.3 is 0 Å². The van der Waals surface area contributed by atoms with Crippen molar-refractivity contribution < 1.29 is 4.74 Å². The first-order valence-electron chi connectivity index (χ1n) is 8.42. The van der Waals surface area contributed by atoms with Crippen molar-refractivity contribution in [2.75, 3.05) is 26.7 Å². The van der Waals surface area contributed by atoms with Crippen LogP contribution in [0, 0.1) is 0 Å². The Morgan fingerprint density at radius 2 is 1.96 bits per heavy atom. The molecule has 0 aliphatic rings. The molecular formula is C19H29IN4O. The SMILES string of the molecule is CCNC(=NCCOCc1ccccc1)N(C)Cc1cccn1C.I. The summed E-state index contributed by atoms with van der Waals surface area (Å²) in [5.74, 6) is 0.905. The molecule has 0 saturated carbocycles. The van der Waals surface area contributed by atoms with E-state index in [1.165, 1.54) is 11.3 Å². The third-order valence-corrected chi connectivity index (χ3v) is 3.76. The van der Waals surface area contributed by atoms with E-state index in [9.17, 15) is 0 Å². The fraction of sp³-hybridized carbons (Fsp3) is 0.421. The number of rotatable bonds is 8. The molecule has 5 nitrogen and oxygen atoms in total. The maximum Gasteiger partial charge on any atom is 0.194 e. The molecule has 0 spiro atoms. The first-order valence-corrected chi connectivity index (χ1v) is 8.42. The summed E-state index contributed by atoms with van der Waals surface area (Å²) in [5.41, 5.74) is 2.44. The van der Waals surface area contributed by atoms with Gasteiger partial charge in [-0.05, 0) is 24.6 Å². The summed E-state index contributed by atoms with van der Waals surface area (Å²) in [4.78, 5) is 6.79. The van der Waals surface area contributed by atoms with Crippen LogP contribution < -0.4 is 5.32 Å². The zero-order valence-electron chi connectivity index (χ0n) is 15.3. The molecule has 2 rings (SSSR count). The molecule has 0 saturated heterocycles. The molecule has 138 valence electrons. The van der Waals surface area contributed by atoms with Crippen LogP contribution in [0.1, 0.15) is 18.2 Å². The second-order valence-electron chi connectivity index (χ2n) is 5.74. The van der Waals surface area contributed by atoms with Crippen molar-refractivity contribution >= 4 is 29.9 Å². The number of ether oxygens (including phenoxy) is 1. The summed E-state index contributed by atoms with van der Waals surface area (Å²) in [6.45, 7) is 5.64. The Balaban J connectivity index is 0.00000312. The number of hydrogen-bond donors (Lipinski definition) is 1. The largest absolute Gasteiger partial charge is 0.375 e. The number of hydrogen-bond acceptors (Lipinski definition) is 2. The van der Waals surface area contributed by atoms with Crippen LogP contribution in [-0.4, -0.2) is 42.2 Å². The number of aliphatic imine (C=N–C) groups is 1. The van der Waals surface area contributed by atoms with E-state index in [2.05, 4.69) is 71.3 Å². The number of halogens is 1. The van der Waals surface area contributed by atoms with Crippen molar-refractivity contribution in [2.24, 2.45) is 12.0 Å². The van der Waals surface area contributed by atoms with Gasteiger partial charge in [0.1, 0.15) is 0 Å². The van der Waals surface area contributed by atoms with E-state index in [0.717, 1.165) is 19.0 Å². The summed E-state index contributed by atoms with van der Waals surface area (Å²) in [6.07, 6.45) is 2.06. The summed E-state index contributed by atoms with van der Waals surface area (Å²) in [5, 5.41) is 3.33. The standard InChI is InChI=1S/C19H28N4O.HI/c1-4-20-19(23(3)15-18-11-8-13-22(18)2)21-12-14-24-16-17-9-6-5-7-10-17;/h5-11,13H,4,12,14-16H2,1-3H3,(H,20,21);1H. The van der Waals surface area contributed by atoms with Crippen LogP contribution >= 0.6 is 24.0 Å². The number of benzene rings is 1. The molecule has 1 aromatic heterocycles. The predicted molar refractivity (Wildman–Crippen MR) is 114 cm³/mol. The van der Waals surface area contributed by atoms with Gasteiger partial charge in [-0.1, -0.05) is 30.3 Å². The molecule has 0 aliphatic heterocycles. The minimum atomic E-state index is 0. The van der Waals surface area contributed by atoms with Crippen molar-refractivity contribution in [2.45, 2.75) is 20.1 Å². The van der Waals surface area contributed by atoms with Gasteiger partial charge in [-0.15, -0.1) is 24.0 Å². The minimum Gasteiger partial charge on any atom is -0.375 e. The monoisotopic (exact) mass is 456 g/mol. The number of nitrogens with one attached hydrogen (secondary N) is 1. The Morgan fingerprint density at radius 3 is 2.60 bits per heavy atom.